The Morgan fingerprint density at radius 2 is 2.00 bits per heavy atom. The van der Waals surface area contributed by atoms with Gasteiger partial charge in [0.05, 0.1) is 18.7 Å². The lowest BCUT2D eigenvalue weighted by atomic mass is 9.96. The van der Waals surface area contributed by atoms with Gasteiger partial charge in [-0.3, -0.25) is 9.80 Å². The number of carbonyl (C=O) groups is 1. The van der Waals surface area contributed by atoms with Gasteiger partial charge in [-0.1, -0.05) is 12.1 Å². The minimum atomic E-state index is -0.240. The number of benzene rings is 1. The van der Waals surface area contributed by atoms with Crippen molar-refractivity contribution < 1.29 is 13.9 Å². The van der Waals surface area contributed by atoms with E-state index in [4.69, 9.17) is 4.74 Å². The van der Waals surface area contributed by atoms with Gasteiger partial charge in [0, 0.05) is 20.1 Å². The lowest BCUT2D eigenvalue weighted by Gasteiger charge is -2.44. The molecule has 2 aliphatic heterocycles. The maximum atomic E-state index is 13.2. The number of rotatable bonds is 4. The monoisotopic (exact) mass is 306 g/mol. The molecule has 2 atom stereocenters. The smallest absolute Gasteiger partial charge is 0.237 e. The molecule has 22 heavy (non-hydrogen) atoms. The molecular weight excluding hydrogens is 283 g/mol. The third kappa shape index (κ3) is 3.01. The third-order valence-electron chi connectivity index (χ3n) is 4.66. The minimum Gasteiger partial charge on any atom is -0.383 e. The van der Waals surface area contributed by atoms with Crippen LogP contribution in [0.3, 0.4) is 0 Å². The van der Waals surface area contributed by atoms with Gasteiger partial charge in [0.2, 0.25) is 5.91 Å². The zero-order valence-corrected chi connectivity index (χ0v) is 13.0. The number of hydrazine groups is 1. The summed E-state index contributed by atoms with van der Waals surface area (Å²) < 4.78 is 18.5. The molecule has 0 aliphatic carbocycles. The van der Waals surface area contributed by atoms with Gasteiger partial charge in [-0.05, 0) is 43.4 Å². The van der Waals surface area contributed by atoms with Gasteiger partial charge in [-0.15, -0.1) is 0 Å². The highest BCUT2D eigenvalue weighted by Crippen LogP contribution is 2.36. The number of hydrogen-bond donors (Lipinski definition) is 0. The van der Waals surface area contributed by atoms with Crippen molar-refractivity contribution in [2.75, 3.05) is 20.3 Å². The van der Waals surface area contributed by atoms with Gasteiger partial charge < -0.3 is 4.74 Å². The van der Waals surface area contributed by atoms with E-state index in [1.54, 1.807) is 19.2 Å². The number of nitrogens with zero attached hydrogens (tertiary/aromatic N) is 2. The van der Waals surface area contributed by atoms with Crippen LogP contribution in [0.2, 0.25) is 0 Å². The number of halogens is 1. The molecule has 1 amide bonds. The normalized spacial score (nSPS) is 26.6. The highest BCUT2D eigenvalue weighted by atomic mass is 19.1. The highest BCUT2D eigenvalue weighted by Gasteiger charge is 2.38. The SMILES string of the molecule is COC[C@@H]1CCCN1N1C(=O)CCC[C@H]1c1ccc(F)cc1. The van der Waals surface area contributed by atoms with Crippen molar-refractivity contribution in [3.8, 4) is 0 Å². The summed E-state index contributed by atoms with van der Waals surface area (Å²) in [5.41, 5.74) is 1.01. The Balaban J connectivity index is 1.86. The van der Waals surface area contributed by atoms with Crippen molar-refractivity contribution in [3.63, 3.8) is 0 Å². The molecule has 5 heteroatoms. The summed E-state index contributed by atoms with van der Waals surface area (Å²) in [5.74, 6) is -0.0700. The molecule has 4 nitrogen and oxygen atoms in total. The van der Waals surface area contributed by atoms with Gasteiger partial charge in [-0.2, -0.15) is 0 Å². The predicted octanol–water partition coefficient (Wildman–Crippen LogP) is 2.91. The number of carbonyl (C=O) groups excluding carboxylic acids is 1. The van der Waals surface area contributed by atoms with E-state index in [0.29, 0.717) is 13.0 Å². The minimum absolute atomic E-state index is 0.0132. The number of hydrogen-bond acceptors (Lipinski definition) is 3. The fourth-order valence-electron chi connectivity index (χ4n) is 3.64. The van der Waals surface area contributed by atoms with Gasteiger partial charge in [0.25, 0.3) is 0 Å². The summed E-state index contributed by atoms with van der Waals surface area (Å²) in [6, 6.07) is 6.82. The highest BCUT2D eigenvalue weighted by molar-refractivity contribution is 5.77. The van der Waals surface area contributed by atoms with Gasteiger partial charge in [0.15, 0.2) is 0 Å². The average Bonchev–Trinajstić information content (AvgIpc) is 2.96. The fourth-order valence-corrected chi connectivity index (χ4v) is 3.64. The van der Waals surface area contributed by atoms with Crippen molar-refractivity contribution in [1.29, 1.82) is 0 Å². The summed E-state index contributed by atoms with van der Waals surface area (Å²) in [6.07, 6.45) is 4.53. The second-order valence-electron chi connectivity index (χ2n) is 6.11. The summed E-state index contributed by atoms with van der Waals surface area (Å²) in [7, 11) is 1.70. The zero-order valence-electron chi connectivity index (χ0n) is 13.0. The van der Waals surface area contributed by atoms with Crippen LogP contribution < -0.4 is 0 Å². The van der Waals surface area contributed by atoms with Crippen LogP contribution >= 0.6 is 0 Å². The van der Waals surface area contributed by atoms with E-state index in [1.807, 2.05) is 5.01 Å². The second-order valence-corrected chi connectivity index (χ2v) is 6.11. The van der Waals surface area contributed by atoms with Crippen LogP contribution in [0, 0.1) is 5.82 Å². The van der Waals surface area contributed by atoms with E-state index < -0.39 is 0 Å². The lowest BCUT2D eigenvalue weighted by Crippen LogP contribution is -2.53. The first-order chi connectivity index (χ1) is 10.7. The molecule has 2 fully saturated rings. The maximum absolute atomic E-state index is 13.2. The Bertz CT molecular complexity index is 520. The van der Waals surface area contributed by atoms with Crippen molar-refractivity contribution in [3.05, 3.63) is 35.6 Å². The van der Waals surface area contributed by atoms with Crippen molar-refractivity contribution >= 4 is 5.91 Å². The quantitative estimate of drug-likeness (QED) is 0.857. The largest absolute Gasteiger partial charge is 0.383 e. The van der Waals surface area contributed by atoms with Gasteiger partial charge in [0.1, 0.15) is 5.82 Å². The number of amides is 1. The lowest BCUT2D eigenvalue weighted by molar-refractivity contribution is -0.165. The number of piperidine rings is 1. The van der Waals surface area contributed by atoms with Crippen LogP contribution in [0.25, 0.3) is 0 Å². The van der Waals surface area contributed by atoms with Crippen LogP contribution in [-0.2, 0) is 9.53 Å². The van der Waals surface area contributed by atoms with Crippen molar-refractivity contribution in [2.24, 2.45) is 0 Å². The fraction of sp³-hybridized carbons (Fsp3) is 0.588. The average molecular weight is 306 g/mol. The van der Waals surface area contributed by atoms with E-state index in [1.165, 1.54) is 12.1 Å². The van der Waals surface area contributed by atoms with E-state index >= 15 is 0 Å². The Kier molecular flexibility index (Phi) is 4.74. The van der Waals surface area contributed by atoms with E-state index in [9.17, 15) is 9.18 Å². The van der Waals surface area contributed by atoms with E-state index in [-0.39, 0.29) is 23.8 Å². The van der Waals surface area contributed by atoms with Crippen molar-refractivity contribution in [1.82, 2.24) is 10.0 Å². The predicted molar refractivity (Wildman–Crippen MR) is 81.4 cm³/mol. The Labute approximate surface area is 130 Å². The summed E-state index contributed by atoms with van der Waals surface area (Å²) in [4.78, 5) is 12.6. The number of methoxy groups -OCH3 is 1. The Morgan fingerprint density at radius 1 is 1.23 bits per heavy atom. The Morgan fingerprint density at radius 3 is 2.73 bits per heavy atom. The summed E-state index contributed by atoms with van der Waals surface area (Å²) in [6.45, 7) is 1.53. The van der Waals surface area contributed by atoms with Gasteiger partial charge >= 0.3 is 0 Å². The second kappa shape index (κ2) is 6.75. The molecule has 0 radical (unpaired) electrons. The Hall–Kier alpha value is -1.46. The van der Waals surface area contributed by atoms with Crippen LogP contribution in [0.15, 0.2) is 24.3 Å². The number of ether oxygens (including phenoxy) is 1. The van der Waals surface area contributed by atoms with Crippen LogP contribution in [0.1, 0.15) is 43.7 Å². The first kappa shape index (κ1) is 15.4. The molecule has 1 aromatic rings. The van der Waals surface area contributed by atoms with Crippen molar-refractivity contribution in [2.45, 2.75) is 44.2 Å². The molecule has 3 rings (SSSR count). The van der Waals surface area contributed by atoms with Crippen LogP contribution in [0.4, 0.5) is 4.39 Å². The van der Waals surface area contributed by atoms with E-state index in [2.05, 4.69) is 5.01 Å². The first-order valence-electron chi connectivity index (χ1n) is 8.03. The molecule has 0 spiro atoms. The molecule has 2 saturated heterocycles. The molecule has 0 aromatic heterocycles. The molecule has 1 aromatic carbocycles. The molecule has 0 N–H and O–H groups in total. The van der Waals surface area contributed by atoms with E-state index in [0.717, 1.165) is 37.8 Å². The van der Waals surface area contributed by atoms with Crippen LogP contribution in [-0.4, -0.2) is 42.2 Å². The standard InChI is InChI=1S/C17H23FN2O2/c1-22-12-15-4-3-11-19(15)20-16(5-2-6-17(20)21)13-7-9-14(18)10-8-13/h7-10,15-16H,2-6,11-12H2,1H3/t15-,16-/m0/s1. The summed E-state index contributed by atoms with van der Waals surface area (Å²) in [5, 5.41) is 4.10. The molecule has 2 aliphatic rings. The molecule has 0 saturated carbocycles. The summed E-state index contributed by atoms with van der Waals surface area (Å²) >= 11 is 0. The third-order valence-corrected chi connectivity index (χ3v) is 4.66. The first-order valence-corrected chi connectivity index (χ1v) is 8.03. The molecular formula is C17H23FN2O2. The zero-order chi connectivity index (χ0) is 15.5. The topological polar surface area (TPSA) is 32.8 Å². The molecule has 0 unspecified atom stereocenters. The van der Waals surface area contributed by atoms with Gasteiger partial charge in [-0.25, -0.2) is 9.40 Å². The van der Waals surface area contributed by atoms with Crippen LogP contribution in [0.5, 0.6) is 0 Å². The molecule has 2 heterocycles. The molecule has 120 valence electrons. The maximum Gasteiger partial charge on any atom is 0.237 e. The molecule has 0 bridgehead atoms.